The first-order valence-electron chi connectivity index (χ1n) is 12.7. The highest BCUT2D eigenvalue weighted by atomic mass is 32.2. The molecule has 1 unspecified atom stereocenters. The Balaban J connectivity index is 1.59. The zero-order valence-electron chi connectivity index (χ0n) is 21.7. The molecular formula is C29H32N4O3S. The van der Waals surface area contributed by atoms with Gasteiger partial charge in [0.25, 0.3) is 5.91 Å². The van der Waals surface area contributed by atoms with E-state index < -0.39 is 0 Å². The van der Waals surface area contributed by atoms with Crippen LogP contribution in [0, 0.1) is 19.8 Å². The molecule has 37 heavy (non-hydrogen) atoms. The summed E-state index contributed by atoms with van der Waals surface area (Å²) in [5, 5.41) is 0. The van der Waals surface area contributed by atoms with Crippen LogP contribution in [0.1, 0.15) is 54.6 Å². The lowest BCUT2D eigenvalue weighted by Gasteiger charge is -2.42. The number of hydrogen-bond acceptors (Lipinski definition) is 7. The van der Waals surface area contributed by atoms with E-state index in [-0.39, 0.29) is 30.4 Å². The lowest BCUT2D eigenvalue weighted by atomic mass is 9.87. The van der Waals surface area contributed by atoms with E-state index in [2.05, 4.69) is 49.5 Å². The molecule has 1 N–H and O–H groups in total. The second-order valence-electron chi connectivity index (χ2n) is 10.3. The van der Waals surface area contributed by atoms with Gasteiger partial charge in [-0.15, -0.1) is 0 Å². The van der Waals surface area contributed by atoms with Gasteiger partial charge < -0.3 is 9.64 Å². The molecule has 1 atom stereocenters. The fourth-order valence-corrected chi connectivity index (χ4v) is 5.75. The lowest BCUT2D eigenvalue weighted by molar-refractivity contribution is -0.128. The van der Waals surface area contributed by atoms with Crippen molar-refractivity contribution in [3.63, 3.8) is 0 Å². The quantitative estimate of drug-likeness (QED) is 0.435. The topological polar surface area (TPSA) is 84.4 Å². The highest BCUT2D eigenvalue weighted by molar-refractivity contribution is 8.00. The van der Waals surface area contributed by atoms with Crippen LogP contribution in [-0.2, 0) is 4.79 Å². The minimum Gasteiger partial charge on any atom is -0.475 e. The number of ether oxygens (including phenoxy) is 1. The molecule has 192 valence electrons. The molecule has 2 aliphatic rings. The number of anilines is 1. The predicted octanol–water partition coefficient (Wildman–Crippen LogP) is 5.86. The van der Waals surface area contributed by atoms with Crippen molar-refractivity contribution in [2.45, 2.75) is 63.9 Å². The third-order valence-electron chi connectivity index (χ3n) is 6.90. The third kappa shape index (κ3) is 5.49. The van der Waals surface area contributed by atoms with E-state index in [1.54, 1.807) is 0 Å². The van der Waals surface area contributed by atoms with Crippen molar-refractivity contribution in [1.82, 2.24) is 14.9 Å². The van der Waals surface area contributed by atoms with Gasteiger partial charge in [0.1, 0.15) is 12.4 Å². The molecule has 0 spiro atoms. The standard InChI is InChI=1S/C29H32N4O3S/c1-17(2)11-22-16-36-26-15-25(27-18(3)7-5-8-19(27)4)30-29(31-26)32-37-24-10-6-9-20(12-24)28(35)33(22)21-13-23(34)14-21/h5-10,12,15,17,21-22H,11,13-14,16H2,1-4H3,(H,30,31,32). The Kier molecular flexibility index (Phi) is 7.20. The zero-order valence-corrected chi connectivity index (χ0v) is 22.5. The van der Waals surface area contributed by atoms with E-state index in [0.717, 1.165) is 33.7 Å². The molecule has 1 aliphatic carbocycles. The van der Waals surface area contributed by atoms with Gasteiger partial charge in [0, 0.05) is 41.0 Å². The number of ketones is 1. The summed E-state index contributed by atoms with van der Waals surface area (Å²) in [6.07, 6.45) is 1.54. The number of carbonyl (C=O) groups is 2. The van der Waals surface area contributed by atoms with E-state index in [9.17, 15) is 9.59 Å². The number of carbonyl (C=O) groups excluding carboxylic acids is 2. The molecule has 2 heterocycles. The minimum atomic E-state index is -0.197. The highest BCUT2D eigenvalue weighted by Crippen LogP contribution is 2.33. The summed E-state index contributed by atoms with van der Waals surface area (Å²) in [5.74, 6) is 1.36. The zero-order chi connectivity index (χ0) is 26.1. The predicted molar refractivity (Wildman–Crippen MR) is 146 cm³/mol. The normalized spacial score (nSPS) is 18.3. The lowest BCUT2D eigenvalue weighted by Crippen LogP contribution is -2.55. The number of amides is 1. The van der Waals surface area contributed by atoms with Gasteiger partial charge in [-0.1, -0.05) is 38.1 Å². The summed E-state index contributed by atoms with van der Waals surface area (Å²) >= 11 is 1.35. The molecule has 1 aromatic heterocycles. The molecule has 1 saturated carbocycles. The van der Waals surface area contributed by atoms with Crippen molar-refractivity contribution in [2.75, 3.05) is 11.3 Å². The van der Waals surface area contributed by atoms with Crippen molar-refractivity contribution in [1.29, 1.82) is 0 Å². The van der Waals surface area contributed by atoms with Crippen molar-refractivity contribution in [2.24, 2.45) is 5.92 Å². The van der Waals surface area contributed by atoms with Crippen LogP contribution in [0.3, 0.4) is 0 Å². The molecule has 2 aromatic carbocycles. The van der Waals surface area contributed by atoms with Crippen molar-refractivity contribution < 1.29 is 14.3 Å². The van der Waals surface area contributed by atoms with Gasteiger partial charge in [-0.3, -0.25) is 14.3 Å². The number of aryl methyl sites for hydroxylation is 2. The maximum absolute atomic E-state index is 13.8. The van der Waals surface area contributed by atoms with Crippen molar-refractivity contribution >= 4 is 29.6 Å². The molecule has 4 bridgehead atoms. The van der Waals surface area contributed by atoms with Gasteiger partial charge >= 0.3 is 0 Å². The van der Waals surface area contributed by atoms with Crippen molar-refractivity contribution in [3.8, 4) is 17.1 Å². The van der Waals surface area contributed by atoms with Gasteiger partial charge in [0.15, 0.2) is 0 Å². The maximum Gasteiger partial charge on any atom is 0.254 e. The third-order valence-corrected chi connectivity index (χ3v) is 7.67. The molecular weight excluding hydrogens is 484 g/mol. The van der Waals surface area contributed by atoms with Crippen LogP contribution in [0.25, 0.3) is 11.3 Å². The highest BCUT2D eigenvalue weighted by Gasteiger charge is 2.39. The molecule has 1 aliphatic heterocycles. The number of nitrogens with zero attached hydrogens (tertiary/aromatic N) is 3. The van der Waals surface area contributed by atoms with Crippen molar-refractivity contribution in [3.05, 3.63) is 65.2 Å². The van der Waals surface area contributed by atoms with E-state index in [1.807, 2.05) is 41.3 Å². The molecule has 8 heteroatoms. The van der Waals surface area contributed by atoms with Gasteiger partial charge in [-0.25, -0.2) is 4.98 Å². The molecule has 3 aromatic rings. The maximum atomic E-state index is 13.8. The van der Waals surface area contributed by atoms with Crippen LogP contribution in [0.15, 0.2) is 53.4 Å². The molecule has 0 radical (unpaired) electrons. The summed E-state index contributed by atoms with van der Waals surface area (Å²) in [6, 6.07) is 15.3. The Morgan fingerprint density at radius 2 is 1.78 bits per heavy atom. The Labute approximate surface area is 222 Å². The van der Waals surface area contributed by atoms with Gasteiger partial charge in [0.05, 0.1) is 11.7 Å². The van der Waals surface area contributed by atoms with E-state index in [1.165, 1.54) is 11.9 Å². The molecule has 7 nitrogen and oxygen atoms in total. The summed E-state index contributed by atoms with van der Waals surface area (Å²) < 4.78 is 9.57. The Morgan fingerprint density at radius 3 is 2.49 bits per heavy atom. The number of fused-ring (bicyclic) bond motifs is 4. The van der Waals surface area contributed by atoms with Gasteiger partial charge in [-0.05, 0) is 67.5 Å². The molecule has 0 saturated heterocycles. The molecule has 1 fully saturated rings. The fourth-order valence-electron chi connectivity index (χ4n) is 5.12. The Morgan fingerprint density at radius 1 is 1.05 bits per heavy atom. The largest absolute Gasteiger partial charge is 0.475 e. The monoisotopic (exact) mass is 516 g/mol. The second kappa shape index (κ2) is 10.5. The van der Waals surface area contributed by atoms with Crippen LogP contribution in [0.4, 0.5) is 5.95 Å². The summed E-state index contributed by atoms with van der Waals surface area (Å²) in [7, 11) is 0. The van der Waals surface area contributed by atoms with E-state index in [0.29, 0.717) is 36.2 Å². The second-order valence-corrected chi connectivity index (χ2v) is 11.2. The van der Waals surface area contributed by atoms with Gasteiger partial charge in [0.2, 0.25) is 11.8 Å². The fraction of sp³-hybridized carbons (Fsp3) is 0.379. The summed E-state index contributed by atoms with van der Waals surface area (Å²) in [5.41, 5.74) is 4.68. The Bertz CT molecular complexity index is 1310. The molecule has 1 amide bonds. The number of Topliss-reactive ketones (excluding diaryl/α,β-unsaturated/α-hetero) is 1. The number of nitrogens with one attached hydrogen (secondary N) is 1. The van der Waals surface area contributed by atoms with Crippen LogP contribution in [0.5, 0.6) is 5.88 Å². The summed E-state index contributed by atoms with van der Waals surface area (Å²) in [6.45, 7) is 8.70. The van der Waals surface area contributed by atoms with E-state index in [4.69, 9.17) is 9.72 Å². The number of hydrogen-bond donors (Lipinski definition) is 1. The smallest absolute Gasteiger partial charge is 0.254 e. The number of rotatable bonds is 4. The minimum absolute atomic E-state index is 0.0672. The van der Waals surface area contributed by atoms with Crippen LogP contribution < -0.4 is 9.46 Å². The molecule has 5 rings (SSSR count). The van der Waals surface area contributed by atoms with Gasteiger partial charge in [-0.2, -0.15) is 4.98 Å². The first-order chi connectivity index (χ1) is 17.8. The SMILES string of the molecule is Cc1cccc(C)c1-c1cc2nc(n1)NSc1cccc(c1)C(=O)N(C1CC(=O)C1)C(CC(C)C)CO2. The number of benzene rings is 2. The average molecular weight is 517 g/mol. The van der Waals surface area contributed by atoms with E-state index >= 15 is 0 Å². The first-order valence-corrected chi connectivity index (χ1v) is 13.6. The van der Waals surface area contributed by atoms with Crippen LogP contribution >= 0.6 is 11.9 Å². The van der Waals surface area contributed by atoms with Crippen LogP contribution in [-0.4, -0.2) is 45.2 Å². The average Bonchev–Trinajstić information content (AvgIpc) is 2.84. The number of aromatic nitrogens is 2. The Hall–Kier alpha value is -3.39. The van der Waals surface area contributed by atoms with Crippen LogP contribution in [0.2, 0.25) is 0 Å². The summed E-state index contributed by atoms with van der Waals surface area (Å²) in [4.78, 5) is 38.0. The first kappa shape index (κ1) is 25.3.